The van der Waals surface area contributed by atoms with Crippen LogP contribution in [0, 0.1) is 0 Å². The van der Waals surface area contributed by atoms with Gasteiger partial charge in [-0.1, -0.05) is 30.2 Å². The van der Waals surface area contributed by atoms with Crippen LogP contribution in [-0.2, 0) is 0 Å². The first-order chi connectivity index (χ1) is 15.6. The highest BCUT2D eigenvalue weighted by atomic mass is 35.5. The van der Waals surface area contributed by atoms with Gasteiger partial charge in [-0.3, -0.25) is 14.3 Å². The summed E-state index contributed by atoms with van der Waals surface area (Å²) < 4.78 is 8.41. The summed E-state index contributed by atoms with van der Waals surface area (Å²) in [5, 5.41) is 1.49. The lowest BCUT2D eigenvalue weighted by Crippen LogP contribution is -2.59. The Morgan fingerprint density at radius 1 is 1.00 bits per heavy atom. The summed E-state index contributed by atoms with van der Waals surface area (Å²) in [7, 11) is 0. The fraction of sp³-hybridized carbons (Fsp3) is 0.280. The smallest absolute Gasteiger partial charge is 0.274 e. The maximum Gasteiger partial charge on any atom is 0.274 e. The van der Waals surface area contributed by atoms with Crippen LogP contribution in [0.1, 0.15) is 19.3 Å². The summed E-state index contributed by atoms with van der Waals surface area (Å²) in [5.41, 5.74) is 2.41. The van der Waals surface area contributed by atoms with Gasteiger partial charge in [0.05, 0.1) is 5.52 Å². The molecule has 0 amide bonds. The molecule has 32 heavy (non-hydrogen) atoms. The average molecular weight is 464 g/mol. The molecule has 6 rings (SSSR count). The minimum absolute atomic E-state index is 0.0657. The highest BCUT2D eigenvalue weighted by Crippen LogP contribution is 2.31. The zero-order chi connectivity index (χ0) is 21.7. The van der Waals surface area contributed by atoms with Gasteiger partial charge in [-0.2, -0.15) is 0 Å². The lowest BCUT2D eigenvalue weighted by molar-refractivity contribution is -0.0308. The third kappa shape index (κ3) is 3.62. The molecule has 2 aliphatic rings. The molecule has 1 aliphatic heterocycles. The van der Waals surface area contributed by atoms with Crippen molar-refractivity contribution in [3.05, 3.63) is 76.2 Å². The molecule has 1 saturated heterocycles. The van der Waals surface area contributed by atoms with Gasteiger partial charge in [0.1, 0.15) is 21.6 Å². The van der Waals surface area contributed by atoms with Crippen LogP contribution >= 0.6 is 22.9 Å². The van der Waals surface area contributed by atoms with E-state index in [1.807, 2.05) is 54.6 Å². The molecule has 0 spiro atoms. The van der Waals surface area contributed by atoms with Gasteiger partial charge in [0.2, 0.25) is 0 Å². The quantitative estimate of drug-likeness (QED) is 0.398. The SMILES string of the molecule is O=c1c2sc(-c3ccc(Cl)cc3)nc2ccn1-c1ccc(OC2CN(C3CCC3)C2)cc1. The summed E-state index contributed by atoms with van der Waals surface area (Å²) in [6.45, 7) is 2.04. The van der Waals surface area contributed by atoms with E-state index in [0.717, 1.165) is 41.1 Å². The monoisotopic (exact) mass is 463 g/mol. The van der Waals surface area contributed by atoms with Crippen molar-refractivity contribution in [3.8, 4) is 22.0 Å². The van der Waals surface area contributed by atoms with E-state index in [-0.39, 0.29) is 11.7 Å². The van der Waals surface area contributed by atoms with Crippen LogP contribution in [0.4, 0.5) is 0 Å². The molecule has 2 aromatic carbocycles. The second-order valence-electron chi connectivity index (χ2n) is 8.50. The summed E-state index contributed by atoms with van der Waals surface area (Å²) in [6, 6.07) is 18.0. The van der Waals surface area contributed by atoms with Gasteiger partial charge in [-0.05, 0) is 55.3 Å². The number of pyridine rings is 1. The first-order valence-electron chi connectivity index (χ1n) is 10.9. The van der Waals surface area contributed by atoms with Crippen LogP contribution < -0.4 is 10.3 Å². The third-order valence-corrected chi connectivity index (χ3v) is 7.78. The molecule has 0 bridgehead atoms. The molecule has 0 unspecified atom stereocenters. The molecule has 2 fully saturated rings. The van der Waals surface area contributed by atoms with Crippen LogP contribution in [0.5, 0.6) is 5.75 Å². The number of fused-ring (bicyclic) bond motifs is 1. The Morgan fingerprint density at radius 3 is 2.44 bits per heavy atom. The second-order valence-corrected chi connectivity index (χ2v) is 9.94. The van der Waals surface area contributed by atoms with Crippen LogP contribution in [0.25, 0.3) is 26.5 Å². The number of likely N-dealkylation sites (tertiary alicyclic amines) is 1. The lowest BCUT2D eigenvalue weighted by atomic mass is 9.89. The highest BCUT2D eigenvalue weighted by Gasteiger charge is 2.36. The van der Waals surface area contributed by atoms with Gasteiger partial charge < -0.3 is 4.74 Å². The van der Waals surface area contributed by atoms with E-state index < -0.39 is 0 Å². The van der Waals surface area contributed by atoms with Crippen molar-refractivity contribution in [1.82, 2.24) is 14.5 Å². The first kappa shape index (κ1) is 20.0. The van der Waals surface area contributed by atoms with Crippen LogP contribution in [0.3, 0.4) is 0 Å². The molecule has 0 radical (unpaired) electrons. The number of hydrogen-bond acceptors (Lipinski definition) is 5. The predicted octanol–water partition coefficient (Wildman–Crippen LogP) is 5.38. The molecule has 0 atom stereocenters. The second kappa shape index (κ2) is 8.03. The van der Waals surface area contributed by atoms with Crippen molar-refractivity contribution in [1.29, 1.82) is 0 Å². The minimum atomic E-state index is -0.0657. The van der Waals surface area contributed by atoms with E-state index in [0.29, 0.717) is 15.2 Å². The zero-order valence-electron chi connectivity index (χ0n) is 17.4. The normalized spacial score (nSPS) is 17.3. The molecule has 1 aliphatic carbocycles. The fourth-order valence-electron chi connectivity index (χ4n) is 4.31. The fourth-order valence-corrected chi connectivity index (χ4v) is 5.43. The van der Waals surface area contributed by atoms with E-state index >= 15 is 0 Å². The summed E-state index contributed by atoms with van der Waals surface area (Å²) in [4.78, 5) is 20.3. The van der Waals surface area contributed by atoms with Crippen molar-refractivity contribution in [2.45, 2.75) is 31.4 Å². The number of thiazole rings is 1. The number of nitrogens with zero attached hydrogens (tertiary/aromatic N) is 3. The third-order valence-electron chi connectivity index (χ3n) is 6.42. The van der Waals surface area contributed by atoms with Gasteiger partial charge in [0, 0.05) is 41.6 Å². The molecule has 2 aromatic heterocycles. The standard InChI is InChI=1S/C25H22ClN3O2S/c26-17-6-4-16(5-7-17)24-27-22-12-13-29(25(30)23(22)32-24)19-8-10-20(11-9-19)31-21-14-28(15-21)18-2-1-3-18/h4-13,18,21H,1-3,14-15H2. The largest absolute Gasteiger partial charge is 0.488 e. The number of hydrogen-bond donors (Lipinski definition) is 0. The van der Waals surface area contributed by atoms with Crippen LogP contribution in [0.2, 0.25) is 5.02 Å². The van der Waals surface area contributed by atoms with Crippen molar-refractivity contribution in [2.75, 3.05) is 13.1 Å². The maximum absolute atomic E-state index is 13.2. The van der Waals surface area contributed by atoms with Crippen molar-refractivity contribution >= 4 is 33.2 Å². The Bertz CT molecular complexity index is 1320. The van der Waals surface area contributed by atoms with Gasteiger partial charge in [0.25, 0.3) is 5.56 Å². The highest BCUT2D eigenvalue weighted by molar-refractivity contribution is 7.21. The molecule has 7 heteroatoms. The predicted molar refractivity (Wildman–Crippen MR) is 129 cm³/mol. The molecule has 1 saturated carbocycles. The summed E-state index contributed by atoms with van der Waals surface area (Å²) in [6.07, 6.45) is 6.09. The van der Waals surface area contributed by atoms with E-state index in [9.17, 15) is 4.79 Å². The van der Waals surface area contributed by atoms with Gasteiger partial charge in [-0.25, -0.2) is 4.98 Å². The van der Waals surface area contributed by atoms with E-state index in [1.54, 1.807) is 10.8 Å². The Balaban J connectivity index is 1.21. The molecule has 4 aromatic rings. The molecule has 5 nitrogen and oxygen atoms in total. The van der Waals surface area contributed by atoms with Gasteiger partial charge in [-0.15, -0.1) is 11.3 Å². The molecular formula is C25H22ClN3O2S. The maximum atomic E-state index is 13.2. The van der Waals surface area contributed by atoms with Crippen molar-refractivity contribution in [2.24, 2.45) is 0 Å². The topological polar surface area (TPSA) is 47.4 Å². The molecule has 3 heterocycles. The Hall–Kier alpha value is -2.67. The number of aromatic nitrogens is 2. The number of ether oxygens (including phenoxy) is 1. The molecular weight excluding hydrogens is 442 g/mol. The van der Waals surface area contributed by atoms with E-state index in [2.05, 4.69) is 9.88 Å². The van der Waals surface area contributed by atoms with Crippen molar-refractivity contribution < 1.29 is 4.74 Å². The van der Waals surface area contributed by atoms with Crippen LogP contribution in [-0.4, -0.2) is 39.7 Å². The zero-order valence-corrected chi connectivity index (χ0v) is 19.0. The van der Waals surface area contributed by atoms with E-state index in [4.69, 9.17) is 16.3 Å². The molecule has 162 valence electrons. The number of halogens is 1. The van der Waals surface area contributed by atoms with Crippen molar-refractivity contribution in [3.63, 3.8) is 0 Å². The summed E-state index contributed by atoms with van der Waals surface area (Å²) >= 11 is 7.39. The Morgan fingerprint density at radius 2 is 1.75 bits per heavy atom. The lowest BCUT2D eigenvalue weighted by Gasteiger charge is -2.47. The average Bonchev–Trinajstić information content (AvgIpc) is 3.18. The Kier molecular flexibility index (Phi) is 5.01. The first-order valence-corrected chi connectivity index (χ1v) is 12.1. The minimum Gasteiger partial charge on any atom is -0.488 e. The van der Waals surface area contributed by atoms with Gasteiger partial charge in [0.15, 0.2) is 0 Å². The summed E-state index contributed by atoms with van der Waals surface area (Å²) in [5.74, 6) is 0.851. The Labute approximate surface area is 194 Å². The number of benzene rings is 2. The van der Waals surface area contributed by atoms with E-state index in [1.165, 1.54) is 30.6 Å². The molecule has 0 N–H and O–H groups in total. The van der Waals surface area contributed by atoms with Crippen LogP contribution in [0.15, 0.2) is 65.6 Å². The van der Waals surface area contributed by atoms with Gasteiger partial charge >= 0.3 is 0 Å². The number of rotatable bonds is 5.